The Bertz CT molecular complexity index is 3920. The zero-order chi connectivity index (χ0) is 44.3. The van der Waals surface area contributed by atoms with Gasteiger partial charge in [-0.15, -0.1) is 11.3 Å². The second kappa shape index (κ2) is 16.2. The summed E-state index contributed by atoms with van der Waals surface area (Å²) in [6, 6.07) is 93.2. The predicted molar refractivity (Wildman–Crippen MR) is 288 cm³/mol. The van der Waals surface area contributed by atoms with Crippen molar-refractivity contribution in [3.8, 4) is 50.2 Å². The minimum absolute atomic E-state index is 1.09. The minimum atomic E-state index is 1.09. The summed E-state index contributed by atoms with van der Waals surface area (Å²) in [5, 5.41) is 7.59. The van der Waals surface area contributed by atoms with E-state index in [2.05, 4.69) is 264 Å². The highest BCUT2D eigenvalue weighted by Crippen LogP contribution is 2.46. The molecule has 0 radical (unpaired) electrons. The van der Waals surface area contributed by atoms with E-state index in [9.17, 15) is 0 Å². The highest BCUT2D eigenvalue weighted by Gasteiger charge is 2.22. The Morgan fingerprint density at radius 3 is 1.48 bits per heavy atom. The van der Waals surface area contributed by atoms with Gasteiger partial charge in [-0.25, -0.2) is 0 Å². The van der Waals surface area contributed by atoms with Gasteiger partial charge in [0.1, 0.15) is 0 Å². The Morgan fingerprint density at radius 2 is 0.776 bits per heavy atom. The van der Waals surface area contributed by atoms with Crippen molar-refractivity contribution in [3.63, 3.8) is 0 Å². The van der Waals surface area contributed by atoms with E-state index < -0.39 is 0 Å². The number of thiophene rings is 1. The van der Waals surface area contributed by atoms with Crippen LogP contribution in [-0.4, -0.2) is 4.57 Å². The number of hydrogen-bond acceptors (Lipinski definition) is 2. The Labute approximate surface area is 393 Å². The Morgan fingerprint density at radius 1 is 0.284 bits per heavy atom. The van der Waals surface area contributed by atoms with Crippen molar-refractivity contribution in [3.05, 3.63) is 255 Å². The van der Waals surface area contributed by atoms with Crippen molar-refractivity contribution in [2.75, 3.05) is 4.90 Å². The molecule has 0 aliphatic heterocycles. The van der Waals surface area contributed by atoms with Crippen LogP contribution in [0.3, 0.4) is 0 Å². The Kier molecular flexibility index (Phi) is 9.40. The monoisotopic (exact) mass is 870 g/mol. The highest BCUT2D eigenvalue weighted by atomic mass is 32.1. The van der Waals surface area contributed by atoms with Gasteiger partial charge in [-0.2, -0.15) is 0 Å². The molecule has 3 heteroatoms. The second-order valence-corrected chi connectivity index (χ2v) is 18.3. The van der Waals surface area contributed by atoms with Crippen LogP contribution in [0.2, 0.25) is 0 Å². The number of aromatic nitrogens is 1. The first-order valence-electron chi connectivity index (χ1n) is 22.9. The molecule has 0 unspecified atom stereocenters. The Hall–Kier alpha value is -8.50. The van der Waals surface area contributed by atoms with Crippen molar-refractivity contribution >= 4 is 81.1 Å². The van der Waals surface area contributed by atoms with E-state index in [4.69, 9.17) is 0 Å². The van der Waals surface area contributed by atoms with Crippen molar-refractivity contribution < 1.29 is 0 Å². The van der Waals surface area contributed by atoms with Gasteiger partial charge in [0.2, 0.25) is 0 Å². The van der Waals surface area contributed by atoms with Crippen molar-refractivity contribution in [1.29, 1.82) is 0 Å². The largest absolute Gasteiger partial charge is 0.310 e. The SMILES string of the molecule is c1ccc(-c2ccc(-c3ccc(N(c4ccccc4)c4ccc(-c5ccccc5-n5c6ccccc6c6ccccc65)cc4-c4ccc5c(c4)sc4ccccc45)cc3)c3ccccc23)cc1. The third kappa shape index (κ3) is 6.63. The minimum Gasteiger partial charge on any atom is -0.310 e. The number of nitrogens with zero attached hydrogens (tertiary/aromatic N) is 2. The summed E-state index contributed by atoms with van der Waals surface area (Å²) in [5.41, 5.74) is 16.4. The van der Waals surface area contributed by atoms with Crippen LogP contribution in [0, 0.1) is 0 Å². The molecular weight excluding hydrogens is 829 g/mol. The lowest BCUT2D eigenvalue weighted by atomic mass is 9.92. The molecule has 0 saturated heterocycles. The zero-order valence-electron chi connectivity index (χ0n) is 36.6. The fraction of sp³-hybridized carbons (Fsp3) is 0. The van der Waals surface area contributed by atoms with Crippen molar-refractivity contribution in [2.24, 2.45) is 0 Å². The van der Waals surface area contributed by atoms with Crippen LogP contribution >= 0.6 is 11.3 Å². The number of fused-ring (bicyclic) bond motifs is 7. The molecule has 0 fully saturated rings. The highest BCUT2D eigenvalue weighted by molar-refractivity contribution is 7.25. The average molecular weight is 871 g/mol. The lowest BCUT2D eigenvalue weighted by Gasteiger charge is -2.29. The first kappa shape index (κ1) is 38.9. The second-order valence-electron chi connectivity index (χ2n) is 17.2. The van der Waals surface area contributed by atoms with E-state index in [0.717, 1.165) is 33.9 Å². The summed E-state index contributed by atoms with van der Waals surface area (Å²) in [5.74, 6) is 0. The Balaban J connectivity index is 0.996. The molecule has 0 atom stereocenters. The molecule has 0 bridgehead atoms. The van der Waals surface area contributed by atoms with Gasteiger partial charge in [-0.05, 0) is 111 Å². The molecule has 2 nitrogen and oxygen atoms in total. The first-order valence-corrected chi connectivity index (χ1v) is 23.7. The number of benzene rings is 11. The van der Waals surface area contributed by atoms with Crippen molar-refractivity contribution in [1.82, 2.24) is 4.57 Å². The summed E-state index contributed by atoms with van der Waals surface area (Å²) in [6.45, 7) is 0. The maximum atomic E-state index is 2.44. The van der Waals surface area contributed by atoms with E-state index in [1.165, 1.54) is 86.1 Å². The number of rotatable bonds is 8. The summed E-state index contributed by atoms with van der Waals surface area (Å²) in [4.78, 5) is 2.42. The lowest BCUT2D eigenvalue weighted by molar-refractivity contribution is 1.18. The van der Waals surface area contributed by atoms with Gasteiger partial charge in [-0.3, -0.25) is 0 Å². The van der Waals surface area contributed by atoms with Gasteiger partial charge in [0.05, 0.1) is 22.4 Å². The van der Waals surface area contributed by atoms with E-state index in [1.807, 2.05) is 11.3 Å². The third-order valence-corrected chi connectivity index (χ3v) is 14.6. The van der Waals surface area contributed by atoms with Gasteiger partial charge in [-0.1, -0.05) is 188 Å². The molecule has 11 aromatic carbocycles. The summed E-state index contributed by atoms with van der Waals surface area (Å²) < 4.78 is 5.02. The van der Waals surface area contributed by atoms with E-state index in [-0.39, 0.29) is 0 Å². The molecule has 2 aromatic heterocycles. The van der Waals surface area contributed by atoms with Gasteiger partial charge in [0, 0.05) is 53.4 Å². The molecule has 67 heavy (non-hydrogen) atoms. The topological polar surface area (TPSA) is 8.17 Å². The van der Waals surface area contributed by atoms with Crippen molar-refractivity contribution in [2.45, 2.75) is 0 Å². The predicted octanol–water partition coefficient (Wildman–Crippen LogP) is 18.4. The quantitative estimate of drug-likeness (QED) is 0.148. The molecule has 0 aliphatic carbocycles. The fourth-order valence-electron chi connectivity index (χ4n) is 10.3. The fourth-order valence-corrected chi connectivity index (χ4v) is 11.5. The summed E-state index contributed by atoms with van der Waals surface area (Å²) in [7, 11) is 0. The van der Waals surface area contributed by atoms with Crippen LogP contribution in [0.15, 0.2) is 255 Å². The van der Waals surface area contributed by atoms with Crippen LogP contribution in [0.5, 0.6) is 0 Å². The normalized spacial score (nSPS) is 11.6. The molecule has 0 amide bonds. The van der Waals surface area contributed by atoms with Gasteiger partial charge in [0.15, 0.2) is 0 Å². The third-order valence-electron chi connectivity index (χ3n) is 13.4. The first-order chi connectivity index (χ1) is 33.2. The maximum Gasteiger partial charge on any atom is 0.0541 e. The molecule has 0 aliphatic rings. The van der Waals surface area contributed by atoms with Gasteiger partial charge < -0.3 is 9.47 Å². The van der Waals surface area contributed by atoms with Gasteiger partial charge in [0.25, 0.3) is 0 Å². The van der Waals surface area contributed by atoms with Crippen LogP contribution in [0.25, 0.3) is 103 Å². The summed E-state index contributed by atoms with van der Waals surface area (Å²) >= 11 is 1.86. The van der Waals surface area contributed by atoms with Crippen LogP contribution < -0.4 is 4.90 Å². The smallest absolute Gasteiger partial charge is 0.0541 e. The standard InChI is InChI=1S/C64H42N2S/c1-3-17-43(18-4-1)49-38-39-50(53-23-8-7-22-52(49)53)44-31-35-48(36-32-44)65(47-19-5-2-6-20-47)62-40-34-45(41-58(62)46-33-37-57-56-26-12-16-30-63(56)67-64(57)42-46)51-21-9-13-27-59(51)66-60-28-14-10-24-54(60)55-25-11-15-29-61(55)66/h1-42H. The molecule has 2 heterocycles. The maximum absolute atomic E-state index is 2.44. The number of anilines is 3. The molecule has 314 valence electrons. The molecule has 13 aromatic rings. The lowest BCUT2D eigenvalue weighted by Crippen LogP contribution is -2.11. The van der Waals surface area contributed by atoms with Gasteiger partial charge >= 0.3 is 0 Å². The van der Waals surface area contributed by atoms with Crippen LogP contribution in [-0.2, 0) is 0 Å². The van der Waals surface area contributed by atoms with E-state index in [1.54, 1.807) is 0 Å². The number of para-hydroxylation sites is 4. The van der Waals surface area contributed by atoms with Crippen LogP contribution in [0.1, 0.15) is 0 Å². The average Bonchev–Trinajstić information content (AvgIpc) is 3.95. The summed E-state index contributed by atoms with van der Waals surface area (Å²) in [6.07, 6.45) is 0. The molecular formula is C64H42N2S. The van der Waals surface area contributed by atoms with E-state index in [0.29, 0.717) is 0 Å². The molecule has 0 N–H and O–H groups in total. The van der Waals surface area contributed by atoms with E-state index >= 15 is 0 Å². The molecule has 0 saturated carbocycles. The zero-order valence-corrected chi connectivity index (χ0v) is 37.4. The number of hydrogen-bond donors (Lipinski definition) is 0. The molecule has 13 rings (SSSR count). The molecule has 0 spiro atoms. The van der Waals surface area contributed by atoms with Crippen LogP contribution in [0.4, 0.5) is 17.1 Å².